The Morgan fingerprint density at radius 1 is 1.15 bits per heavy atom. The highest BCUT2D eigenvalue weighted by Gasteiger charge is 2.41. The van der Waals surface area contributed by atoms with Crippen molar-refractivity contribution in [1.29, 1.82) is 0 Å². The van der Waals surface area contributed by atoms with Gasteiger partial charge in [0.1, 0.15) is 12.6 Å². The number of halogens is 2. The number of hydrogen-bond acceptors (Lipinski definition) is 7. The van der Waals surface area contributed by atoms with Gasteiger partial charge in [0.2, 0.25) is 0 Å². The number of rotatable bonds is 8. The molecule has 7 nitrogen and oxygen atoms in total. The fraction of sp³-hybridized carbons (Fsp3) is 0.261. The number of ether oxygens (including phenoxy) is 3. The van der Waals surface area contributed by atoms with Crippen molar-refractivity contribution in [3.05, 3.63) is 59.6 Å². The predicted molar refractivity (Wildman–Crippen MR) is 143 cm³/mol. The molecule has 2 amide bonds. The van der Waals surface area contributed by atoms with Crippen molar-refractivity contribution >= 4 is 80.1 Å². The van der Waals surface area contributed by atoms with E-state index in [0.717, 1.165) is 29.4 Å². The Kier molecular flexibility index (Phi) is 9.04. The Morgan fingerprint density at radius 2 is 1.85 bits per heavy atom. The summed E-state index contributed by atoms with van der Waals surface area (Å²) < 4.78 is 18.5. The van der Waals surface area contributed by atoms with Gasteiger partial charge in [-0.1, -0.05) is 12.1 Å². The molecule has 2 aromatic rings. The topological polar surface area (TPSA) is 82.1 Å². The molecule has 0 saturated carbocycles. The van der Waals surface area contributed by atoms with Crippen LogP contribution in [0.3, 0.4) is 0 Å². The quantitative estimate of drug-likeness (QED) is 0.206. The molecule has 2 aromatic carbocycles. The zero-order valence-corrected chi connectivity index (χ0v) is 23.2. The highest BCUT2D eigenvalue weighted by molar-refractivity contribution is 14.1. The fourth-order valence-electron chi connectivity index (χ4n) is 3.05. The lowest BCUT2D eigenvalue weighted by molar-refractivity contribution is -0.148. The third-order valence-corrected chi connectivity index (χ3v) is 7.08. The molecule has 0 spiro atoms. The Morgan fingerprint density at radius 3 is 2.48 bits per heavy atom. The van der Waals surface area contributed by atoms with E-state index in [-0.39, 0.29) is 4.91 Å². The molecule has 174 valence electrons. The second kappa shape index (κ2) is 11.6. The molecule has 0 aliphatic carbocycles. The second-order valence-electron chi connectivity index (χ2n) is 6.93. The maximum absolute atomic E-state index is 12.8. The van der Waals surface area contributed by atoms with Gasteiger partial charge in [-0.25, -0.2) is 4.79 Å². The maximum atomic E-state index is 12.8. The number of carbonyl (C=O) groups is 3. The molecule has 0 N–H and O–H groups in total. The van der Waals surface area contributed by atoms with Crippen LogP contribution in [0.5, 0.6) is 11.5 Å². The van der Waals surface area contributed by atoms with E-state index in [9.17, 15) is 14.4 Å². The van der Waals surface area contributed by atoms with Gasteiger partial charge in [0.05, 0.1) is 22.2 Å². The van der Waals surface area contributed by atoms with Crippen molar-refractivity contribution < 1.29 is 28.6 Å². The van der Waals surface area contributed by atoms with Gasteiger partial charge in [0.25, 0.3) is 11.1 Å². The molecule has 1 aliphatic rings. The number of esters is 1. The van der Waals surface area contributed by atoms with E-state index < -0.39 is 23.2 Å². The average Bonchev–Trinajstić information content (AvgIpc) is 3.06. The molecule has 33 heavy (non-hydrogen) atoms. The maximum Gasteiger partial charge on any atom is 0.328 e. The van der Waals surface area contributed by atoms with E-state index in [4.69, 9.17) is 9.47 Å². The number of methoxy groups -OCH3 is 1. The number of nitrogens with zero attached hydrogens (tertiary/aromatic N) is 1. The summed E-state index contributed by atoms with van der Waals surface area (Å²) in [5.41, 5.74) is 1.71. The first-order chi connectivity index (χ1) is 15.7. The van der Waals surface area contributed by atoms with Crippen molar-refractivity contribution in [3.8, 4) is 11.5 Å². The van der Waals surface area contributed by atoms with Gasteiger partial charge < -0.3 is 14.2 Å². The molecule has 0 bridgehead atoms. The van der Waals surface area contributed by atoms with Crippen LogP contribution in [0, 0.1) is 7.14 Å². The lowest BCUT2D eigenvalue weighted by atomic mass is 10.1. The SMILES string of the molecule is CCOc1cc(/C=C2/SC(=O)N([C@H](C)C(=O)OC)C2=O)cc(I)c1OCc1ccc(I)cc1. The van der Waals surface area contributed by atoms with Crippen LogP contribution in [0.4, 0.5) is 4.79 Å². The summed E-state index contributed by atoms with van der Waals surface area (Å²) in [6.07, 6.45) is 1.61. The van der Waals surface area contributed by atoms with Crippen LogP contribution in [0.25, 0.3) is 6.08 Å². The summed E-state index contributed by atoms with van der Waals surface area (Å²) in [6.45, 7) is 4.16. The summed E-state index contributed by atoms with van der Waals surface area (Å²) in [5, 5.41) is -0.513. The number of imide groups is 1. The molecule has 1 fully saturated rings. The van der Waals surface area contributed by atoms with Gasteiger partial charge in [-0.15, -0.1) is 0 Å². The van der Waals surface area contributed by atoms with Crippen LogP contribution in [-0.4, -0.2) is 41.8 Å². The largest absolute Gasteiger partial charge is 0.490 e. The second-order valence-corrected chi connectivity index (χ2v) is 10.3. The summed E-state index contributed by atoms with van der Waals surface area (Å²) in [4.78, 5) is 38.1. The molecule has 3 rings (SSSR count). The molecule has 0 aromatic heterocycles. The first-order valence-electron chi connectivity index (χ1n) is 9.93. The van der Waals surface area contributed by atoms with E-state index in [2.05, 4.69) is 49.9 Å². The van der Waals surface area contributed by atoms with Crippen molar-refractivity contribution in [2.24, 2.45) is 0 Å². The van der Waals surface area contributed by atoms with Crippen molar-refractivity contribution in [2.75, 3.05) is 13.7 Å². The van der Waals surface area contributed by atoms with E-state index in [1.807, 2.05) is 37.3 Å². The molecular weight excluding hydrogens is 672 g/mol. The smallest absolute Gasteiger partial charge is 0.328 e. The molecule has 10 heteroatoms. The first kappa shape index (κ1) is 25.8. The van der Waals surface area contributed by atoms with E-state index in [0.29, 0.717) is 30.3 Å². The Bertz CT molecular complexity index is 1100. The zero-order valence-electron chi connectivity index (χ0n) is 18.1. The standard InChI is InChI=1S/C23H21I2NO6S/c1-4-31-18-10-15(9-17(25)20(18)32-12-14-5-7-16(24)8-6-14)11-19-21(27)26(23(29)33-19)13(2)22(28)30-3/h5-11,13H,4,12H2,1-3H3/b19-11+/t13-/m1/s1. The van der Waals surface area contributed by atoms with Gasteiger partial charge in [-0.2, -0.15) is 0 Å². The van der Waals surface area contributed by atoms with Crippen molar-refractivity contribution in [1.82, 2.24) is 4.90 Å². The van der Waals surface area contributed by atoms with E-state index >= 15 is 0 Å². The summed E-state index contributed by atoms with van der Waals surface area (Å²) in [5.74, 6) is -0.0276. The minimum Gasteiger partial charge on any atom is -0.490 e. The number of benzene rings is 2. The zero-order chi connectivity index (χ0) is 24.1. The summed E-state index contributed by atoms with van der Waals surface area (Å²) >= 11 is 5.20. The Labute approximate surface area is 223 Å². The van der Waals surface area contributed by atoms with Crippen molar-refractivity contribution in [3.63, 3.8) is 0 Å². The normalized spacial score (nSPS) is 15.7. The molecule has 1 atom stereocenters. The third-order valence-electron chi connectivity index (χ3n) is 4.68. The highest BCUT2D eigenvalue weighted by Crippen LogP contribution is 2.38. The van der Waals surface area contributed by atoms with E-state index in [1.54, 1.807) is 12.1 Å². The van der Waals surface area contributed by atoms with Gasteiger partial charge in [0.15, 0.2) is 11.5 Å². The van der Waals surface area contributed by atoms with Crippen LogP contribution in [0.1, 0.15) is 25.0 Å². The van der Waals surface area contributed by atoms with Gasteiger partial charge in [-0.3, -0.25) is 14.5 Å². The average molecular weight is 693 g/mol. The van der Waals surface area contributed by atoms with Crippen LogP contribution >= 0.6 is 56.9 Å². The van der Waals surface area contributed by atoms with Gasteiger partial charge in [0, 0.05) is 3.57 Å². The third kappa shape index (κ3) is 6.21. The predicted octanol–water partition coefficient (Wildman–Crippen LogP) is 5.47. The van der Waals surface area contributed by atoms with Crippen LogP contribution < -0.4 is 9.47 Å². The molecule has 1 saturated heterocycles. The minimum atomic E-state index is -0.996. The Balaban J connectivity index is 1.86. The fourth-order valence-corrected chi connectivity index (χ4v) is 5.10. The molecule has 0 radical (unpaired) electrons. The highest BCUT2D eigenvalue weighted by atomic mass is 127. The summed E-state index contributed by atoms with van der Waals surface area (Å²) in [7, 11) is 1.22. The number of amides is 2. The molecule has 1 aliphatic heterocycles. The molecule has 0 unspecified atom stereocenters. The summed E-state index contributed by atoms with van der Waals surface area (Å²) in [6, 6.07) is 10.7. The van der Waals surface area contributed by atoms with Gasteiger partial charge in [-0.05, 0) is 112 Å². The minimum absolute atomic E-state index is 0.224. The Hall–Kier alpha value is -1.80. The number of hydrogen-bond donors (Lipinski definition) is 0. The lowest BCUT2D eigenvalue weighted by Crippen LogP contribution is -2.42. The van der Waals surface area contributed by atoms with Crippen LogP contribution in [0.2, 0.25) is 0 Å². The lowest BCUT2D eigenvalue weighted by Gasteiger charge is -2.18. The van der Waals surface area contributed by atoms with Gasteiger partial charge >= 0.3 is 5.97 Å². The van der Waals surface area contributed by atoms with E-state index in [1.165, 1.54) is 14.0 Å². The number of carbonyl (C=O) groups excluding carboxylic acids is 3. The van der Waals surface area contributed by atoms with Crippen molar-refractivity contribution in [2.45, 2.75) is 26.5 Å². The molecular formula is C23H21I2NO6S. The molecule has 1 heterocycles. The monoisotopic (exact) mass is 693 g/mol. The van der Waals surface area contributed by atoms with Crippen LogP contribution in [-0.2, 0) is 20.9 Å². The first-order valence-corrected chi connectivity index (χ1v) is 12.9. The number of thioether (sulfide) groups is 1. The van der Waals surface area contributed by atoms with Crippen LogP contribution in [0.15, 0.2) is 41.3 Å².